The van der Waals surface area contributed by atoms with E-state index in [0.29, 0.717) is 17.0 Å². The minimum absolute atomic E-state index is 0.210. The van der Waals surface area contributed by atoms with Crippen LogP contribution >= 0.6 is 11.8 Å². The molecule has 1 aromatic rings. The molecule has 5 heteroatoms. The lowest BCUT2D eigenvalue weighted by Crippen LogP contribution is -2.34. The minimum Gasteiger partial charge on any atom is -0.369 e. The van der Waals surface area contributed by atoms with E-state index in [1.54, 1.807) is 6.20 Å². The molecule has 0 saturated heterocycles. The van der Waals surface area contributed by atoms with Gasteiger partial charge in [0.2, 0.25) is 5.91 Å². The van der Waals surface area contributed by atoms with Gasteiger partial charge in [0.15, 0.2) is 5.16 Å². The second kappa shape index (κ2) is 3.70. The number of aromatic nitrogens is 2. The van der Waals surface area contributed by atoms with Crippen LogP contribution in [0.1, 0.15) is 25.0 Å². The van der Waals surface area contributed by atoms with Crippen LogP contribution < -0.4 is 5.73 Å². The molecule has 3 rings (SSSR count). The van der Waals surface area contributed by atoms with Gasteiger partial charge >= 0.3 is 0 Å². The predicted molar refractivity (Wildman–Crippen MR) is 65.5 cm³/mol. The van der Waals surface area contributed by atoms with E-state index in [1.807, 2.05) is 12.3 Å². The molecule has 2 fully saturated rings. The molecule has 0 aromatic carbocycles. The molecule has 1 heterocycles. The maximum Gasteiger partial charge on any atom is 0.230 e. The van der Waals surface area contributed by atoms with Gasteiger partial charge < -0.3 is 5.73 Å². The van der Waals surface area contributed by atoms with Crippen molar-refractivity contribution in [1.29, 1.82) is 0 Å². The number of nitrogens with zero attached hydrogens (tertiary/aromatic N) is 2. The van der Waals surface area contributed by atoms with Gasteiger partial charge in [0.1, 0.15) is 0 Å². The summed E-state index contributed by atoms with van der Waals surface area (Å²) in [4.78, 5) is 20.5. The molecule has 1 aromatic heterocycles. The zero-order valence-electron chi connectivity index (χ0n) is 9.72. The van der Waals surface area contributed by atoms with Crippen molar-refractivity contribution in [3.63, 3.8) is 0 Å². The van der Waals surface area contributed by atoms with Crippen LogP contribution in [0.2, 0.25) is 0 Å². The van der Waals surface area contributed by atoms with Crippen molar-refractivity contribution in [3.8, 4) is 0 Å². The quantitative estimate of drug-likeness (QED) is 0.648. The molecule has 2 aliphatic rings. The molecule has 0 aliphatic heterocycles. The third-order valence-corrected chi connectivity index (χ3v) is 4.79. The Labute approximate surface area is 104 Å². The summed E-state index contributed by atoms with van der Waals surface area (Å²) in [6, 6.07) is 1.85. The zero-order chi connectivity index (χ0) is 12.0. The minimum atomic E-state index is -0.480. The summed E-state index contributed by atoms with van der Waals surface area (Å²) < 4.78 is 0. The number of thioether (sulfide) groups is 1. The van der Waals surface area contributed by atoms with Gasteiger partial charge in [-0.25, -0.2) is 9.97 Å². The van der Waals surface area contributed by atoms with Gasteiger partial charge in [-0.15, -0.1) is 0 Å². The number of nitrogens with two attached hydrogens (primary N) is 1. The summed E-state index contributed by atoms with van der Waals surface area (Å²) in [5, 5.41) is 0.716. The molecule has 3 atom stereocenters. The summed E-state index contributed by atoms with van der Waals surface area (Å²) in [5.74, 6) is 0.632. The first-order chi connectivity index (χ1) is 8.21. The first kappa shape index (κ1) is 11.0. The molecule has 0 spiro atoms. The SMILES string of the molecule is CSc1nccc(C2(C(N)=O)[C@@H]3CCC[C@@H]32)n1. The van der Waals surface area contributed by atoms with Crippen LogP contribution in [0, 0.1) is 11.8 Å². The fraction of sp³-hybridized carbons (Fsp3) is 0.583. The van der Waals surface area contributed by atoms with Crippen molar-refractivity contribution in [2.45, 2.75) is 29.8 Å². The zero-order valence-corrected chi connectivity index (χ0v) is 10.5. The average Bonchev–Trinajstić information content (AvgIpc) is 2.73. The Morgan fingerprint density at radius 1 is 1.53 bits per heavy atom. The normalized spacial score (nSPS) is 34.4. The van der Waals surface area contributed by atoms with E-state index < -0.39 is 5.41 Å². The number of rotatable bonds is 3. The van der Waals surface area contributed by atoms with E-state index in [4.69, 9.17) is 5.73 Å². The van der Waals surface area contributed by atoms with Gasteiger partial charge in [0.25, 0.3) is 0 Å². The summed E-state index contributed by atoms with van der Waals surface area (Å²) in [6.45, 7) is 0. The molecule has 1 amide bonds. The van der Waals surface area contributed by atoms with E-state index >= 15 is 0 Å². The molecule has 1 unspecified atom stereocenters. The summed E-state index contributed by atoms with van der Waals surface area (Å²) in [5.41, 5.74) is 5.99. The fourth-order valence-electron chi connectivity index (χ4n) is 3.49. The van der Waals surface area contributed by atoms with Crippen molar-refractivity contribution < 1.29 is 4.79 Å². The smallest absolute Gasteiger partial charge is 0.230 e. The van der Waals surface area contributed by atoms with Gasteiger partial charge in [-0.2, -0.15) is 0 Å². The van der Waals surface area contributed by atoms with E-state index in [9.17, 15) is 4.79 Å². The molecular formula is C12H15N3OS. The Hall–Kier alpha value is -1.10. The van der Waals surface area contributed by atoms with Gasteiger partial charge in [0, 0.05) is 6.20 Å². The summed E-state index contributed by atoms with van der Waals surface area (Å²) in [7, 11) is 0. The van der Waals surface area contributed by atoms with E-state index in [1.165, 1.54) is 18.2 Å². The second-order valence-corrected chi connectivity index (χ2v) is 5.58. The van der Waals surface area contributed by atoms with Crippen molar-refractivity contribution in [2.75, 3.05) is 6.26 Å². The average molecular weight is 249 g/mol. The van der Waals surface area contributed by atoms with Crippen LogP contribution in [0.25, 0.3) is 0 Å². The van der Waals surface area contributed by atoms with Gasteiger partial charge in [-0.05, 0) is 37.0 Å². The topological polar surface area (TPSA) is 68.9 Å². The Kier molecular flexibility index (Phi) is 2.40. The number of primary amides is 1. The van der Waals surface area contributed by atoms with Crippen LogP contribution in [0.5, 0.6) is 0 Å². The molecule has 2 aliphatic carbocycles. The van der Waals surface area contributed by atoms with Gasteiger partial charge in [0.05, 0.1) is 11.1 Å². The molecule has 2 saturated carbocycles. The summed E-state index contributed by atoms with van der Waals surface area (Å²) >= 11 is 1.49. The third kappa shape index (κ3) is 1.35. The molecule has 0 radical (unpaired) electrons. The fourth-order valence-corrected chi connectivity index (χ4v) is 3.85. The predicted octanol–water partition coefficient (Wildman–Crippen LogP) is 1.35. The number of amides is 1. The molecule has 90 valence electrons. The lowest BCUT2D eigenvalue weighted by molar-refractivity contribution is -0.121. The number of carbonyl (C=O) groups is 1. The molecule has 0 bridgehead atoms. The van der Waals surface area contributed by atoms with E-state index in [0.717, 1.165) is 18.5 Å². The lowest BCUT2D eigenvalue weighted by Gasteiger charge is -2.16. The number of hydrogen-bond donors (Lipinski definition) is 1. The monoisotopic (exact) mass is 249 g/mol. The lowest BCUT2D eigenvalue weighted by atomic mass is 9.91. The highest BCUT2D eigenvalue weighted by Gasteiger charge is 2.71. The van der Waals surface area contributed by atoms with Gasteiger partial charge in [-0.1, -0.05) is 18.2 Å². The Bertz CT molecular complexity index is 467. The maximum atomic E-state index is 11.9. The largest absolute Gasteiger partial charge is 0.369 e. The second-order valence-electron chi connectivity index (χ2n) is 4.81. The first-order valence-electron chi connectivity index (χ1n) is 5.88. The van der Waals surface area contributed by atoms with Crippen LogP contribution in [-0.2, 0) is 10.2 Å². The number of fused-ring (bicyclic) bond motifs is 1. The van der Waals surface area contributed by atoms with E-state index in [-0.39, 0.29) is 5.91 Å². The van der Waals surface area contributed by atoms with Crippen LogP contribution in [0.15, 0.2) is 17.4 Å². The first-order valence-corrected chi connectivity index (χ1v) is 7.11. The van der Waals surface area contributed by atoms with Gasteiger partial charge in [-0.3, -0.25) is 4.79 Å². The Morgan fingerprint density at radius 3 is 2.82 bits per heavy atom. The summed E-state index contributed by atoms with van der Waals surface area (Å²) in [6.07, 6.45) is 7.08. The molecular weight excluding hydrogens is 234 g/mol. The standard InChI is InChI=1S/C12H15N3OS/c1-17-11-14-6-5-9(15-11)12(10(13)16)7-3-2-4-8(7)12/h5-8H,2-4H2,1H3,(H2,13,16)/t7-,8+,12?. The van der Waals surface area contributed by atoms with Crippen LogP contribution in [0.3, 0.4) is 0 Å². The number of hydrogen-bond acceptors (Lipinski definition) is 4. The molecule has 2 N–H and O–H groups in total. The van der Waals surface area contributed by atoms with Crippen LogP contribution in [0.4, 0.5) is 0 Å². The van der Waals surface area contributed by atoms with Crippen molar-refractivity contribution >= 4 is 17.7 Å². The van der Waals surface area contributed by atoms with Crippen molar-refractivity contribution in [2.24, 2.45) is 17.6 Å². The van der Waals surface area contributed by atoms with Crippen LogP contribution in [-0.4, -0.2) is 22.1 Å². The van der Waals surface area contributed by atoms with Crippen molar-refractivity contribution in [3.05, 3.63) is 18.0 Å². The van der Waals surface area contributed by atoms with Crippen molar-refractivity contribution in [1.82, 2.24) is 9.97 Å². The maximum absolute atomic E-state index is 11.9. The molecule has 4 nitrogen and oxygen atoms in total. The molecule has 17 heavy (non-hydrogen) atoms. The highest BCUT2D eigenvalue weighted by molar-refractivity contribution is 7.98. The Balaban J connectivity index is 2.03. The number of carbonyl (C=O) groups excluding carboxylic acids is 1. The highest BCUT2D eigenvalue weighted by Crippen LogP contribution is 2.67. The highest BCUT2D eigenvalue weighted by atomic mass is 32.2. The Morgan fingerprint density at radius 2 is 2.24 bits per heavy atom. The third-order valence-electron chi connectivity index (χ3n) is 4.22. The van der Waals surface area contributed by atoms with E-state index in [2.05, 4.69) is 9.97 Å².